The molecule has 0 heterocycles. The molecule has 1 aromatic carbocycles. The second-order valence-corrected chi connectivity index (χ2v) is 4.52. The summed E-state index contributed by atoms with van der Waals surface area (Å²) in [4.78, 5) is 11.0. The molecule has 1 rings (SSSR count). The number of benzene rings is 1. The maximum absolute atomic E-state index is 12.7. The van der Waals surface area contributed by atoms with Crippen LogP contribution in [0.25, 0.3) is 0 Å². The number of nitrogens with zero attached hydrogens (tertiary/aromatic N) is 1. The SMILES string of the molecule is COC(=O)Cc1cc(I)c(C(F)(F)F)c(C#N)c1. The van der Waals surface area contributed by atoms with Crippen molar-refractivity contribution >= 4 is 28.6 Å². The van der Waals surface area contributed by atoms with Crippen molar-refractivity contribution in [1.29, 1.82) is 5.26 Å². The van der Waals surface area contributed by atoms with Gasteiger partial charge in [0.15, 0.2) is 0 Å². The van der Waals surface area contributed by atoms with E-state index in [0.29, 0.717) is 5.56 Å². The number of nitriles is 1. The smallest absolute Gasteiger partial charge is 0.418 e. The second kappa shape index (κ2) is 5.56. The summed E-state index contributed by atoms with van der Waals surface area (Å²) in [6.07, 6.45) is -4.76. The molecule has 7 heteroatoms. The number of hydrogen-bond donors (Lipinski definition) is 0. The van der Waals surface area contributed by atoms with Crippen LogP contribution in [0.4, 0.5) is 13.2 Å². The van der Waals surface area contributed by atoms with E-state index in [1.165, 1.54) is 41.8 Å². The van der Waals surface area contributed by atoms with Crippen molar-refractivity contribution < 1.29 is 22.7 Å². The summed E-state index contributed by atoms with van der Waals surface area (Å²) in [5.74, 6) is -0.575. The molecule has 0 fully saturated rings. The maximum atomic E-state index is 12.7. The Hall–Kier alpha value is -1.30. The van der Waals surface area contributed by atoms with Crippen LogP contribution >= 0.6 is 22.6 Å². The monoisotopic (exact) mass is 369 g/mol. The van der Waals surface area contributed by atoms with E-state index >= 15 is 0 Å². The number of halogens is 4. The minimum atomic E-state index is -4.59. The Morgan fingerprint density at radius 3 is 2.56 bits per heavy atom. The van der Waals surface area contributed by atoms with Crippen LogP contribution in [0.3, 0.4) is 0 Å². The van der Waals surface area contributed by atoms with E-state index in [4.69, 9.17) is 5.26 Å². The van der Waals surface area contributed by atoms with Crippen LogP contribution in [0, 0.1) is 14.9 Å². The van der Waals surface area contributed by atoms with Crippen molar-refractivity contribution in [2.75, 3.05) is 7.11 Å². The lowest BCUT2D eigenvalue weighted by molar-refractivity contribution is -0.139. The van der Waals surface area contributed by atoms with Gasteiger partial charge in [-0.2, -0.15) is 18.4 Å². The molecule has 0 aromatic heterocycles. The number of ether oxygens (including phenoxy) is 1. The molecule has 1 aromatic rings. The van der Waals surface area contributed by atoms with E-state index < -0.39 is 23.3 Å². The number of hydrogen-bond acceptors (Lipinski definition) is 3. The molecule has 0 atom stereocenters. The van der Waals surface area contributed by atoms with E-state index in [2.05, 4.69) is 4.74 Å². The first-order valence-electron chi connectivity index (χ1n) is 4.66. The van der Waals surface area contributed by atoms with Crippen molar-refractivity contribution in [3.8, 4) is 6.07 Å². The first-order chi connectivity index (χ1) is 8.29. The largest absolute Gasteiger partial charge is 0.469 e. The van der Waals surface area contributed by atoms with Gasteiger partial charge < -0.3 is 4.74 Å². The highest BCUT2D eigenvalue weighted by molar-refractivity contribution is 14.1. The third-order valence-electron chi connectivity index (χ3n) is 2.13. The fourth-order valence-corrected chi connectivity index (χ4v) is 2.38. The minimum Gasteiger partial charge on any atom is -0.469 e. The quantitative estimate of drug-likeness (QED) is 0.595. The highest BCUT2D eigenvalue weighted by Gasteiger charge is 2.36. The molecule has 96 valence electrons. The molecule has 0 amide bonds. The lowest BCUT2D eigenvalue weighted by atomic mass is 10.0. The van der Waals surface area contributed by atoms with E-state index in [1.54, 1.807) is 0 Å². The lowest BCUT2D eigenvalue weighted by Gasteiger charge is -2.12. The Kier molecular flexibility index (Phi) is 4.56. The Morgan fingerprint density at radius 1 is 1.50 bits per heavy atom. The normalized spacial score (nSPS) is 10.9. The summed E-state index contributed by atoms with van der Waals surface area (Å²) in [6, 6.07) is 3.78. The zero-order valence-electron chi connectivity index (χ0n) is 9.14. The van der Waals surface area contributed by atoms with Gasteiger partial charge in [-0.3, -0.25) is 4.79 Å². The van der Waals surface area contributed by atoms with Gasteiger partial charge in [-0.1, -0.05) is 0 Å². The molecule has 0 aliphatic carbocycles. The van der Waals surface area contributed by atoms with Gasteiger partial charge in [0, 0.05) is 3.57 Å². The van der Waals surface area contributed by atoms with Gasteiger partial charge in [0.25, 0.3) is 0 Å². The Balaban J connectivity index is 3.29. The molecule has 0 aliphatic rings. The second-order valence-electron chi connectivity index (χ2n) is 3.36. The van der Waals surface area contributed by atoms with Crippen LogP contribution in [-0.2, 0) is 22.1 Å². The number of methoxy groups -OCH3 is 1. The van der Waals surface area contributed by atoms with Crippen molar-refractivity contribution in [2.24, 2.45) is 0 Å². The lowest BCUT2D eigenvalue weighted by Crippen LogP contribution is -2.12. The molecule has 0 aliphatic heterocycles. The van der Waals surface area contributed by atoms with Crippen LogP contribution in [0.15, 0.2) is 12.1 Å². The maximum Gasteiger partial charge on any atom is 0.418 e. The molecule has 0 saturated carbocycles. The van der Waals surface area contributed by atoms with E-state index in [9.17, 15) is 18.0 Å². The van der Waals surface area contributed by atoms with E-state index in [-0.39, 0.29) is 9.99 Å². The van der Waals surface area contributed by atoms with Crippen molar-refractivity contribution in [3.63, 3.8) is 0 Å². The van der Waals surface area contributed by atoms with Gasteiger partial charge >= 0.3 is 12.1 Å². The summed E-state index contributed by atoms with van der Waals surface area (Å²) in [6.45, 7) is 0. The van der Waals surface area contributed by atoms with Gasteiger partial charge in [-0.05, 0) is 40.3 Å². The van der Waals surface area contributed by atoms with Crippen molar-refractivity contribution in [1.82, 2.24) is 0 Å². The molecule has 3 nitrogen and oxygen atoms in total. The first kappa shape index (κ1) is 14.8. The van der Waals surface area contributed by atoms with Crippen LogP contribution in [-0.4, -0.2) is 13.1 Å². The van der Waals surface area contributed by atoms with Crippen LogP contribution in [0.1, 0.15) is 16.7 Å². The van der Waals surface area contributed by atoms with E-state index in [1.807, 2.05) is 0 Å². The van der Waals surface area contributed by atoms with Crippen LogP contribution in [0.5, 0.6) is 0 Å². The third kappa shape index (κ3) is 3.35. The Bertz CT molecular complexity index is 520. The van der Waals surface area contributed by atoms with Crippen molar-refractivity contribution in [3.05, 3.63) is 32.4 Å². The predicted molar refractivity (Wildman–Crippen MR) is 64.6 cm³/mol. The molecule has 0 spiro atoms. The van der Waals surface area contributed by atoms with Gasteiger partial charge in [0.2, 0.25) is 0 Å². The van der Waals surface area contributed by atoms with Gasteiger partial charge in [0.05, 0.1) is 30.7 Å². The highest BCUT2D eigenvalue weighted by Crippen LogP contribution is 2.36. The number of rotatable bonds is 2. The number of carbonyl (C=O) groups excluding carboxylic acids is 1. The number of carbonyl (C=O) groups is 1. The Morgan fingerprint density at radius 2 is 2.11 bits per heavy atom. The molecule has 18 heavy (non-hydrogen) atoms. The molecule has 0 radical (unpaired) electrons. The molecular formula is C11H7F3INO2. The molecule has 0 N–H and O–H groups in total. The number of alkyl halides is 3. The van der Waals surface area contributed by atoms with Gasteiger partial charge in [-0.15, -0.1) is 0 Å². The molecule has 0 unspecified atom stereocenters. The first-order valence-corrected chi connectivity index (χ1v) is 5.74. The third-order valence-corrected chi connectivity index (χ3v) is 2.98. The number of esters is 1. The summed E-state index contributed by atoms with van der Waals surface area (Å²) < 4.78 is 42.4. The zero-order valence-corrected chi connectivity index (χ0v) is 11.3. The molecular weight excluding hydrogens is 362 g/mol. The fraction of sp³-hybridized carbons (Fsp3) is 0.273. The Labute approximate surface area is 115 Å². The summed E-state index contributed by atoms with van der Waals surface area (Å²) in [7, 11) is 1.18. The summed E-state index contributed by atoms with van der Waals surface area (Å²) in [5, 5.41) is 8.75. The summed E-state index contributed by atoms with van der Waals surface area (Å²) in [5.41, 5.74) is -1.15. The standard InChI is InChI=1S/C11H7F3INO2/c1-18-9(17)4-6-2-7(5-16)10(8(15)3-6)11(12,13)14/h2-3H,4H2,1H3. The topological polar surface area (TPSA) is 50.1 Å². The van der Waals surface area contributed by atoms with Crippen molar-refractivity contribution in [2.45, 2.75) is 12.6 Å². The highest BCUT2D eigenvalue weighted by atomic mass is 127. The van der Waals surface area contributed by atoms with Crippen LogP contribution in [0.2, 0.25) is 0 Å². The average molecular weight is 369 g/mol. The minimum absolute atomic E-state index is 0.113. The van der Waals surface area contributed by atoms with Gasteiger partial charge in [0.1, 0.15) is 0 Å². The van der Waals surface area contributed by atoms with E-state index in [0.717, 1.165) is 6.07 Å². The van der Waals surface area contributed by atoms with Crippen LogP contribution < -0.4 is 0 Å². The average Bonchev–Trinajstić information content (AvgIpc) is 2.25. The van der Waals surface area contributed by atoms with Gasteiger partial charge in [-0.25, -0.2) is 0 Å². The zero-order chi connectivity index (χ0) is 13.9. The fourth-order valence-electron chi connectivity index (χ4n) is 1.38. The molecule has 0 saturated heterocycles. The predicted octanol–water partition coefficient (Wildman–Crippen LogP) is 2.90. The molecule has 0 bridgehead atoms. The summed E-state index contributed by atoms with van der Waals surface area (Å²) >= 11 is 1.50.